The highest BCUT2D eigenvalue weighted by Crippen LogP contribution is 2.31. The van der Waals surface area contributed by atoms with E-state index < -0.39 is 0 Å². The van der Waals surface area contributed by atoms with Gasteiger partial charge >= 0.3 is 0 Å². The molecule has 1 heterocycles. The minimum atomic E-state index is 0.519. The Morgan fingerprint density at radius 2 is 1.11 bits per heavy atom. The third kappa shape index (κ3) is 14.9. The zero-order valence-corrected chi connectivity index (χ0v) is 20.4. The lowest BCUT2D eigenvalue weighted by Gasteiger charge is -2.30. The number of nitrogens with zero attached hydrogens (tertiary/aromatic N) is 1. The van der Waals surface area contributed by atoms with E-state index >= 15 is 0 Å². The van der Waals surface area contributed by atoms with Crippen LogP contribution < -0.4 is 0 Å². The molecule has 0 bridgehead atoms. The van der Waals surface area contributed by atoms with Gasteiger partial charge < -0.3 is 4.90 Å². The molecule has 0 saturated carbocycles. The Hall–Kier alpha value is -0.0400. The van der Waals surface area contributed by atoms with Crippen LogP contribution in [0, 0.1) is 11.3 Å². The fourth-order valence-corrected chi connectivity index (χ4v) is 5.27. The molecule has 1 aliphatic heterocycles. The van der Waals surface area contributed by atoms with Gasteiger partial charge in [0.1, 0.15) is 0 Å². The van der Waals surface area contributed by atoms with E-state index in [1.807, 2.05) is 0 Å². The van der Waals surface area contributed by atoms with Crippen LogP contribution in [0.1, 0.15) is 143 Å². The van der Waals surface area contributed by atoms with Crippen LogP contribution in [0.5, 0.6) is 0 Å². The number of rotatable bonds is 17. The van der Waals surface area contributed by atoms with Crippen molar-refractivity contribution in [1.82, 2.24) is 4.90 Å². The van der Waals surface area contributed by atoms with E-state index in [2.05, 4.69) is 32.6 Å². The van der Waals surface area contributed by atoms with Gasteiger partial charge in [-0.15, -0.1) is 0 Å². The molecule has 0 N–H and O–H groups in total. The van der Waals surface area contributed by atoms with Crippen LogP contribution in [0.4, 0.5) is 0 Å². The first-order valence-corrected chi connectivity index (χ1v) is 13.3. The highest BCUT2D eigenvalue weighted by molar-refractivity contribution is 4.80. The second-order valence-electron chi connectivity index (χ2n) is 10.8. The zero-order chi connectivity index (χ0) is 20.5. The largest absolute Gasteiger partial charge is 0.303 e. The summed E-state index contributed by atoms with van der Waals surface area (Å²) in [6, 6.07) is 0. The molecule has 1 atom stereocenters. The molecule has 1 unspecified atom stereocenters. The SMILES string of the molecule is CCCCCCCCCCCCCCCCCCN1CCC(C)CC(C)(C)C1. The summed E-state index contributed by atoms with van der Waals surface area (Å²) in [7, 11) is 0. The number of likely N-dealkylation sites (tertiary alicyclic amines) is 1. The molecule has 168 valence electrons. The highest BCUT2D eigenvalue weighted by Gasteiger charge is 2.27. The smallest absolute Gasteiger partial charge is 0.00328 e. The third-order valence-electron chi connectivity index (χ3n) is 6.82. The van der Waals surface area contributed by atoms with Crippen molar-refractivity contribution in [2.45, 2.75) is 143 Å². The summed E-state index contributed by atoms with van der Waals surface area (Å²) in [6.45, 7) is 13.7. The van der Waals surface area contributed by atoms with Gasteiger partial charge in [-0.1, -0.05) is 124 Å². The molecule has 1 aliphatic rings. The molecule has 1 heteroatoms. The predicted octanol–water partition coefficient (Wildman–Crippen LogP) is 9.01. The van der Waals surface area contributed by atoms with Gasteiger partial charge in [-0.05, 0) is 43.7 Å². The number of hydrogen-bond donors (Lipinski definition) is 0. The van der Waals surface area contributed by atoms with Crippen LogP contribution in [0.15, 0.2) is 0 Å². The van der Waals surface area contributed by atoms with Crippen molar-refractivity contribution in [1.29, 1.82) is 0 Å². The molecule has 1 rings (SSSR count). The monoisotopic (exact) mass is 393 g/mol. The predicted molar refractivity (Wildman–Crippen MR) is 128 cm³/mol. The van der Waals surface area contributed by atoms with Crippen LogP contribution in [0.2, 0.25) is 0 Å². The molecular weight excluding hydrogens is 338 g/mol. The fourth-order valence-electron chi connectivity index (χ4n) is 5.27. The maximum atomic E-state index is 2.76. The van der Waals surface area contributed by atoms with Crippen molar-refractivity contribution in [2.75, 3.05) is 19.6 Å². The van der Waals surface area contributed by atoms with Gasteiger partial charge in [0.15, 0.2) is 0 Å². The Kier molecular flexibility index (Phi) is 15.5. The zero-order valence-electron chi connectivity index (χ0n) is 20.4. The van der Waals surface area contributed by atoms with E-state index in [1.54, 1.807) is 0 Å². The Labute approximate surface area is 179 Å². The van der Waals surface area contributed by atoms with Gasteiger partial charge in [0.05, 0.1) is 0 Å². The topological polar surface area (TPSA) is 3.24 Å². The Bertz CT molecular complexity index is 335. The minimum absolute atomic E-state index is 0.519. The molecule has 0 aromatic rings. The maximum Gasteiger partial charge on any atom is 0.00328 e. The molecule has 28 heavy (non-hydrogen) atoms. The summed E-state index contributed by atoms with van der Waals surface area (Å²) < 4.78 is 0. The summed E-state index contributed by atoms with van der Waals surface area (Å²) in [5.41, 5.74) is 0.519. The summed E-state index contributed by atoms with van der Waals surface area (Å²) in [6.07, 6.45) is 26.2. The van der Waals surface area contributed by atoms with E-state index in [0.29, 0.717) is 5.41 Å². The van der Waals surface area contributed by atoms with Crippen molar-refractivity contribution in [3.63, 3.8) is 0 Å². The van der Waals surface area contributed by atoms with Gasteiger partial charge in [0.2, 0.25) is 0 Å². The van der Waals surface area contributed by atoms with Crippen LogP contribution in [0.25, 0.3) is 0 Å². The van der Waals surface area contributed by atoms with E-state index in [9.17, 15) is 0 Å². The second kappa shape index (κ2) is 16.7. The minimum Gasteiger partial charge on any atom is -0.303 e. The van der Waals surface area contributed by atoms with Crippen LogP contribution >= 0.6 is 0 Å². The van der Waals surface area contributed by atoms with Crippen molar-refractivity contribution in [3.05, 3.63) is 0 Å². The quantitative estimate of drug-likeness (QED) is 0.223. The Morgan fingerprint density at radius 1 is 0.679 bits per heavy atom. The lowest BCUT2D eigenvalue weighted by Crippen LogP contribution is -2.33. The van der Waals surface area contributed by atoms with Gasteiger partial charge in [0.25, 0.3) is 0 Å². The first-order chi connectivity index (χ1) is 13.5. The van der Waals surface area contributed by atoms with Gasteiger partial charge in [-0.2, -0.15) is 0 Å². The van der Waals surface area contributed by atoms with E-state index in [1.165, 1.54) is 135 Å². The molecule has 0 aliphatic carbocycles. The van der Waals surface area contributed by atoms with Crippen molar-refractivity contribution < 1.29 is 0 Å². The maximum absolute atomic E-state index is 2.76. The van der Waals surface area contributed by atoms with Crippen molar-refractivity contribution in [3.8, 4) is 0 Å². The van der Waals surface area contributed by atoms with E-state index in [0.717, 1.165) is 5.92 Å². The molecule has 0 radical (unpaired) electrons. The lowest BCUT2D eigenvalue weighted by molar-refractivity contribution is 0.189. The molecule has 1 saturated heterocycles. The summed E-state index contributed by atoms with van der Waals surface area (Å²) in [5, 5.41) is 0. The molecule has 0 amide bonds. The Balaban J connectivity index is 1.82. The second-order valence-corrected chi connectivity index (χ2v) is 10.8. The van der Waals surface area contributed by atoms with Crippen LogP contribution in [-0.2, 0) is 0 Å². The summed E-state index contributed by atoms with van der Waals surface area (Å²) in [5.74, 6) is 0.908. The van der Waals surface area contributed by atoms with Crippen LogP contribution in [-0.4, -0.2) is 24.5 Å². The lowest BCUT2D eigenvalue weighted by atomic mass is 9.83. The molecule has 0 spiro atoms. The first-order valence-electron chi connectivity index (χ1n) is 13.3. The molecule has 1 nitrogen and oxygen atoms in total. The average molecular weight is 394 g/mol. The van der Waals surface area contributed by atoms with Gasteiger partial charge in [-0.25, -0.2) is 0 Å². The standard InChI is InChI=1S/C27H55N/c1-5-6-7-8-9-10-11-12-13-14-15-16-17-18-19-20-22-28-23-21-26(2)24-27(3,4)25-28/h26H,5-25H2,1-4H3. The summed E-state index contributed by atoms with van der Waals surface area (Å²) >= 11 is 0. The number of hydrogen-bond acceptors (Lipinski definition) is 1. The normalized spacial score (nSPS) is 20.4. The van der Waals surface area contributed by atoms with Crippen molar-refractivity contribution >= 4 is 0 Å². The Morgan fingerprint density at radius 3 is 1.57 bits per heavy atom. The fraction of sp³-hybridized carbons (Fsp3) is 1.00. The van der Waals surface area contributed by atoms with Crippen molar-refractivity contribution in [2.24, 2.45) is 11.3 Å². The van der Waals surface area contributed by atoms with Crippen LogP contribution in [0.3, 0.4) is 0 Å². The molecule has 0 aromatic heterocycles. The average Bonchev–Trinajstić information content (AvgIpc) is 2.78. The highest BCUT2D eigenvalue weighted by atomic mass is 15.1. The van der Waals surface area contributed by atoms with Gasteiger partial charge in [-0.3, -0.25) is 0 Å². The summed E-state index contributed by atoms with van der Waals surface area (Å²) in [4.78, 5) is 2.76. The third-order valence-corrected chi connectivity index (χ3v) is 6.82. The van der Waals surface area contributed by atoms with E-state index in [-0.39, 0.29) is 0 Å². The van der Waals surface area contributed by atoms with Gasteiger partial charge in [0, 0.05) is 6.54 Å². The first kappa shape index (κ1) is 26.0. The molecular formula is C27H55N. The number of unbranched alkanes of at least 4 members (excludes halogenated alkanes) is 15. The molecule has 1 fully saturated rings. The van der Waals surface area contributed by atoms with E-state index in [4.69, 9.17) is 0 Å². The molecule has 0 aromatic carbocycles.